The quantitative estimate of drug-likeness (QED) is 0.230. The molecule has 10 nitrogen and oxygen atoms in total. The number of rotatable bonds is 4. The SMILES string of the molecule is [C-]#[N+]c1c(C(=O)Oc2c(C)cc(C)cc2C)c2nc(-c3ccc(C)cc3)[nH]n2c1OC(=O)N1CCOCC1. The molecular formula is C28H27N5O5. The van der Waals surface area contributed by atoms with Gasteiger partial charge in [0.25, 0.3) is 5.69 Å². The number of aromatic nitrogens is 3. The van der Waals surface area contributed by atoms with Gasteiger partial charge in [-0.1, -0.05) is 47.5 Å². The number of esters is 1. The third-order valence-corrected chi connectivity index (χ3v) is 6.41. The highest BCUT2D eigenvalue weighted by molar-refractivity contribution is 6.06. The summed E-state index contributed by atoms with van der Waals surface area (Å²) in [5, 5.41) is 3.09. The molecule has 0 spiro atoms. The van der Waals surface area contributed by atoms with Crippen LogP contribution in [0.15, 0.2) is 36.4 Å². The molecule has 1 amide bonds. The molecule has 5 rings (SSSR count). The lowest BCUT2D eigenvalue weighted by atomic mass is 10.1. The van der Waals surface area contributed by atoms with E-state index in [0.29, 0.717) is 37.9 Å². The number of H-pyrrole nitrogens is 1. The van der Waals surface area contributed by atoms with Crippen molar-refractivity contribution in [3.8, 4) is 23.0 Å². The highest BCUT2D eigenvalue weighted by atomic mass is 16.6. The number of aromatic amines is 1. The number of hydrogen-bond donors (Lipinski definition) is 1. The van der Waals surface area contributed by atoms with Crippen molar-refractivity contribution in [3.05, 3.63) is 75.6 Å². The van der Waals surface area contributed by atoms with Gasteiger partial charge in [-0.3, -0.25) is 5.10 Å². The largest absolute Gasteiger partial charge is 0.423 e. The molecule has 0 atom stereocenters. The molecule has 1 saturated heterocycles. The number of carbonyl (C=O) groups is 2. The summed E-state index contributed by atoms with van der Waals surface area (Å²) in [5.74, 6) is -0.0326. The normalized spacial score (nSPS) is 13.4. The fourth-order valence-corrected chi connectivity index (χ4v) is 4.56. The minimum absolute atomic E-state index is 0.0845. The predicted molar refractivity (Wildman–Crippen MR) is 140 cm³/mol. The number of hydrogen-bond acceptors (Lipinski definition) is 6. The topological polar surface area (TPSA) is 103 Å². The molecule has 0 radical (unpaired) electrons. The number of nitrogens with one attached hydrogen (secondary N) is 1. The number of morpholine rings is 1. The van der Waals surface area contributed by atoms with E-state index in [1.54, 1.807) is 0 Å². The molecule has 1 N–H and O–H groups in total. The summed E-state index contributed by atoms with van der Waals surface area (Å²) in [6, 6.07) is 11.5. The molecule has 1 fully saturated rings. The average molecular weight is 514 g/mol. The molecule has 1 aliphatic rings. The molecule has 38 heavy (non-hydrogen) atoms. The molecule has 0 unspecified atom stereocenters. The van der Waals surface area contributed by atoms with Crippen LogP contribution < -0.4 is 9.47 Å². The molecule has 10 heteroatoms. The molecule has 0 saturated carbocycles. The van der Waals surface area contributed by atoms with Crippen molar-refractivity contribution >= 4 is 23.4 Å². The highest BCUT2D eigenvalue weighted by Gasteiger charge is 2.32. The van der Waals surface area contributed by atoms with Gasteiger partial charge in [0.05, 0.1) is 19.8 Å². The minimum atomic E-state index is -0.765. The first-order chi connectivity index (χ1) is 18.3. The van der Waals surface area contributed by atoms with Crippen LogP contribution in [0.25, 0.3) is 21.9 Å². The Morgan fingerprint density at radius 2 is 1.66 bits per heavy atom. The minimum Gasteiger partial charge on any atom is -0.423 e. The first kappa shape index (κ1) is 25.0. The predicted octanol–water partition coefficient (Wildman–Crippen LogP) is 5.16. The van der Waals surface area contributed by atoms with Crippen LogP contribution in [0.1, 0.15) is 32.6 Å². The van der Waals surface area contributed by atoms with E-state index in [0.717, 1.165) is 27.8 Å². The van der Waals surface area contributed by atoms with Crippen molar-refractivity contribution in [2.24, 2.45) is 0 Å². The van der Waals surface area contributed by atoms with Crippen molar-refractivity contribution in [1.29, 1.82) is 0 Å². The molecule has 2 aromatic heterocycles. The molecule has 0 aliphatic carbocycles. The van der Waals surface area contributed by atoms with Gasteiger partial charge in [0, 0.05) is 18.7 Å². The second-order valence-electron chi connectivity index (χ2n) is 9.32. The average Bonchev–Trinajstić information content (AvgIpc) is 3.44. The van der Waals surface area contributed by atoms with Crippen LogP contribution in [-0.4, -0.2) is 57.9 Å². The number of ether oxygens (including phenoxy) is 3. The number of nitrogens with zero attached hydrogens (tertiary/aromatic N) is 4. The van der Waals surface area contributed by atoms with Crippen molar-refractivity contribution in [2.45, 2.75) is 27.7 Å². The lowest BCUT2D eigenvalue weighted by Crippen LogP contribution is -2.42. The monoisotopic (exact) mass is 513 g/mol. The standard InChI is InChI=1S/C28H27N5O5/c1-16-6-8-20(9-7-16)24-30-25-21(27(34)37-23-18(3)14-17(2)15-19(23)4)22(29-5)26(33(25)31-24)38-28(35)32-10-12-36-13-11-32/h6-9,14-15H,10-13H2,1-4H3,(H,30,31). The second-order valence-corrected chi connectivity index (χ2v) is 9.32. The number of fused-ring (bicyclic) bond motifs is 1. The van der Waals surface area contributed by atoms with Crippen molar-refractivity contribution in [1.82, 2.24) is 19.5 Å². The molecule has 1 aliphatic heterocycles. The van der Waals surface area contributed by atoms with Crippen LogP contribution in [-0.2, 0) is 4.74 Å². The van der Waals surface area contributed by atoms with E-state index >= 15 is 0 Å². The summed E-state index contributed by atoms with van der Waals surface area (Å²) in [7, 11) is 0. The summed E-state index contributed by atoms with van der Waals surface area (Å²) in [4.78, 5) is 36.2. The van der Waals surface area contributed by atoms with Gasteiger partial charge < -0.3 is 19.1 Å². The Kier molecular flexibility index (Phi) is 6.61. The molecule has 4 aromatic rings. The maximum Gasteiger partial charge on any atom is 0.415 e. The molecule has 2 aromatic carbocycles. The number of aryl methyl sites for hydroxylation is 4. The maximum absolute atomic E-state index is 13.6. The fraction of sp³-hybridized carbons (Fsp3) is 0.286. The van der Waals surface area contributed by atoms with Crippen LogP contribution >= 0.6 is 0 Å². The molecular weight excluding hydrogens is 486 g/mol. The van der Waals surface area contributed by atoms with Gasteiger partial charge in [-0.25, -0.2) is 23.9 Å². The number of amides is 1. The van der Waals surface area contributed by atoms with Crippen LogP contribution in [0.2, 0.25) is 0 Å². The third-order valence-electron chi connectivity index (χ3n) is 6.41. The zero-order valence-corrected chi connectivity index (χ0v) is 21.6. The smallest absolute Gasteiger partial charge is 0.415 e. The Balaban J connectivity index is 1.62. The van der Waals surface area contributed by atoms with Gasteiger partial charge in [0.2, 0.25) is 5.88 Å². The Bertz CT molecular complexity index is 1560. The van der Waals surface area contributed by atoms with Crippen molar-refractivity contribution in [3.63, 3.8) is 0 Å². The summed E-state index contributed by atoms with van der Waals surface area (Å²) in [6.45, 7) is 17.0. The zero-order valence-electron chi connectivity index (χ0n) is 21.6. The molecule has 0 bridgehead atoms. The van der Waals surface area contributed by atoms with E-state index in [1.807, 2.05) is 64.1 Å². The Morgan fingerprint density at radius 3 is 2.29 bits per heavy atom. The lowest BCUT2D eigenvalue weighted by molar-refractivity contribution is 0.0411. The van der Waals surface area contributed by atoms with Crippen LogP contribution in [0.4, 0.5) is 10.5 Å². The fourth-order valence-electron chi connectivity index (χ4n) is 4.56. The highest BCUT2D eigenvalue weighted by Crippen LogP contribution is 2.39. The van der Waals surface area contributed by atoms with Crippen LogP contribution in [0, 0.1) is 34.3 Å². The van der Waals surface area contributed by atoms with E-state index in [2.05, 4.69) is 14.9 Å². The van der Waals surface area contributed by atoms with Crippen molar-refractivity contribution < 1.29 is 23.8 Å². The lowest BCUT2D eigenvalue weighted by Gasteiger charge is -2.25. The van der Waals surface area contributed by atoms with Crippen molar-refractivity contribution in [2.75, 3.05) is 26.3 Å². The zero-order chi connectivity index (χ0) is 27.0. The van der Waals surface area contributed by atoms with Gasteiger partial charge in [-0.2, -0.15) is 0 Å². The Morgan fingerprint density at radius 1 is 1.00 bits per heavy atom. The summed E-state index contributed by atoms with van der Waals surface area (Å²) in [6.07, 6.45) is -0.644. The molecule has 194 valence electrons. The van der Waals surface area contributed by atoms with E-state index in [4.69, 9.17) is 20.8 Å². The van der Waals surface area contributed by atoms with E-state index < -0.39 is 12.1 Å². The van der Waals surface area contributed by atoms with Gasteiger partial charge in [-0.15, -0.1) is 0 Å². The summed E-state index contributed by atoms with van der Waals surface area (Å²) in [5.41, 5.74) is 4.35. The van der Waals surface area contributed by atoms with Gasteiger partial charge in [-0.05, 0) is 38.8 Å². The number of benzene rings is 2. The van der Waals surface area contributed by atoms with E-state index in [1.165, 1.54) is 9.42 Å². The van der Waals surface area contributed by atoms with Crippen LogP contribution in [0.3, 0.4) is 0 Å². The van der Waals surface area contributed by atoms with Gasteiger partial charge >= 0.3 is 12.1 Å². The maximum atomic E-state index is 13.6. The Hall–Kier alpha value is -4.62. The van der Waals surface area contributed by atoms with E-state index in [9.17, 15) is 9.59 Å². The third kappa shape index (κ3) is 4.60. The van der Waals surface area contributed by atoms with E-state index in [-0.39, 0.29) is 22.8 Å². The summed E-state index contributed by atoms with van der Waals surface area (Å²) < 4.78 is 18.2. The Labute approximate surface area is 219 Å². The van der Waals surface area contributed by atoms with Crippen LogP contribution in [0.5, 0.6) is 11.6 Å². The first-order valence-electron chi connectivity index (χ1n) is 12.2. The summed E-state index contributed by atoms with van der Waals surface area (Å²) >= 11 is 0. The number of carbonyl (C=O) groups excluding carboxylic acids is 2. The van der Waals surface area contributed by atoms with Gasteiger partial charge in [0.1, 0.15) is 11.3 Å². The first-order valence-corrected chi connectivity index (χ1v) is 12.2. The second kappa shape index (κ2) is 10.0. The van der Waals surface area contributed by atoms with Gasteiger partial charge in [0.15, 0.2) is 11.5 Å². The molecule has 3 heterocycles.